The van der Waals surface area contributed by atoms with Gasteiger partial charge in [-0.15, -0.1) is 10.2 Å². The zero-order chi connectivity index (χ0) is 17.8. The molecule has 4 rings (SSSR count). The molecule has 132 valence electrons. The van der Waals surface area contributed by atoms with E-state index in [4.69, 9.17) is 9.15 Å². The summed E-state index contributed by atoms with van der Waals surface area (Å²) in [6.07, 6.45) is 4.17. The zero-order valence-electron chi connectivity index (χ0n) is 14.1. The highest BCUT2D eigenvalue weighted by Gasteiger charge is 2.31. The van der Waals surface area contributed by atoms with Crippen LogP contribution in [0.25, 0.3) is 11.5 Å². The van der Waals surface area contributed by atoms with Crippen molar-refractivity contribution in [2.45, 2.75) is 12.3 Å². The molecule has 1 fully saturated rings. The fraction of sp³-hybridized carbons (Fsp3) is 0.263. The largest absolute Gasteiger partial charge is 0.484 e. The Hall–Kier alpha value is -3.22. The zero-order valence-corrected chi connectivity index (χ0v) is 14.1. The van der Waals surface area contributed by atoms with Crippen LogP contribution in [0.5, 0.6) is 5.75 Å². The monoisotopic (exact) mass is 350 g/mol. The number of amides is 1. The molecule has 0 spiro atoms. The molecule has 1 aromatic carbocycles. The van der Waals surface area contributed by atoms with Crippen LogP contribution < -0.4 is 4.74 Å². The molecule has 26 heavy (non-hydrogen) atoms. The highest BCUT2D eigenvalue weighted by Crippen LogP contribution is 2.28. The molecule has 1 atom stereocenters. The second kappa shape index (κ2) is 7.35. The van der Waals surface area contributed by atoms with Gasteiger partial charge in [0.25, 0.3) is 5.91 Å². The van der Waals surface area contributed by atoms with Gasteiger partial charge in [0.15, 0.2) is 6.61 Å². The van der Waals surface area contributed by atoms with Gasteiger partial charge in [0, 0.05) is 25.5 Å². The van der Waals surface area contributed by atoms with Gasteiger partial charge in [0.1, 0.15) is 5.75 Å². The molecule has 0 saturated carbocycles. The first-order valence-electron chi connectivity index (χ1n) is 8.49. The van der Waals surface area contributed by atoms with Crippen LogP contribution in [0.1, 0.15) is 18.2 Å². The van der Waals surface area contributed by atoms with Crippen molar-refractivity contribution >= 4 is 5.91 Å². The average Bonchev–Trinajstić information content (AvgIpc) is 3.37. The van der Waals surface area contributed by atoms with E-state index in [0.29, 0.717) is 30.6 Å². The number of ether oxygens (including phenoxy) is 1. The first-order valence-corrected chi connectivity index (χ1v) is 8.49. The van der Waals surface area contributed by atoms with Crippen molar-refractivity contribution in [2.75, 3.05) is 19.7 Å². The second-order valence-electron chi connectivity index (χ2n) is 6.11. The van der Waals surface area contributed by atoms with Crippen LogP contribution >= 0.6 is 0 Å². The summed E-state index contributed by atoms with van der Waals surface area (Å²) in [5.41, 5.74) is 0.786. The van der Waals surface area contributed by atoms with Crippen LogP contribution in [0.2, 0.25) is 0 Å². The van der Waals surface area contributed by atoms with Crippen molar-refractivity contribution in [3.05, 3.63) is 60.7 Å². The van der Waals surface area contributed by atoms with Crippen LogP contribution in [-0.4, -0.2) is 45.7 Å². The summed E-state index contributed by atoms with van der Waals surface area (Å²) >= 11 is 0. The van der Waals surface area contributed by atoms with Gasteiger partial charge in [-0.1, -0.05) is 18.2 Å². The summed E-state index contributed by atoms with van der Waals surface area (Å²) < 4.78 is 11.3. The van der Waals surface area contributed by atoms with Crippen molar-refractivity contribution in [3.63, 3.8) is 0 Å². The van der Waals surface area contributed by atoms with Crippen LogP contribution in [0, 0.1) is 0 Å². The van der Waals surface area contributed by atoms with Gasteiger partial charge in [0.2, 0.25) is 11.8 Å². The molecule has 1 amide bonds. The molecule has 1 aliphatic rings. The Kier molecular flexibility index (Phi) is 4.59. The number of nitrogens with zero attached hydrogens (tertiary/aromatic N) is 4. The number of aromatic nitrogens is 3. The molecule has 3 aromatic rings. The molecule has 1 aliphatic heterocycles. The topological polar surface area (TPSA) is 81.4 Å². The van der Waals surface area contributed by atoms with E-state index < -0.39 is 0 Å². The third kappa shape index (κ3) is 3.56. The van der Waals surface area contributed by atoms with E-state index in [9.17, 15) is 4.79 Å². The Bertz CT molecular complexity index is 867. The van der Waals surface area contributed by atoms with E-state index in [-0.39, 0.29) is 18.4 Å². The predicted octanol–water partition coefficient (Wildman–Crippen LogP) is 2.53. The maximum Gasteiger partial charge on any atom is 0.260 e. The highest BCUT2D eigenvalue weighted by atomic mass is 16.5. The first kappa shape index (κ1) is 16.3. The van der Waals surface area contributed by atoms with E-state index in [2.05, 4.69) is 15.2 Å². The van der Waals surface area contributed by atoms with Crippen LogP contribution in [0.4, 0.5) is 0 Å². The van der Waals surface area contributed by atoms with E-state index in [0.717, 1.165) is 12.0 Å². The number of hydrogen-bond donors (Lipinski definition) is 0. The van der Waals surface area contributed by atoms with Crippen LogP contribution in [0.15, 0.2) is 59.3 Å². The molecule has 7 nitrogen and oxygen atoms in total. The average molecular weight is 350 g/mol. The summed E-state index contributed by atoms with van der Waals surface area (Å²) in [7, 11) is 0. The molecular formula is C19H18N4O3. The number of carbonyl (C=O) groups excluding carboxylic acids is 1. The molecule has 3 heterocycles. The Morgan fingerprint density at radius 3 is 2.88 bits per heavy atom. The van der Waals surface area contributed by atoms with Crippen LogP contribution in [-0.2, 0) is 4.79 Å². The quantitative estimate of drug-likeness (QED) is 0.703. The Labute approximate surface area is 150 Å². The van der Waals surface area contributed by atoms with Gasteiger partial charge in [-0.3, -0.25) is 9.78 Å². The molecule has 2 aromatic heterocycles. The fourth-order valence-corrected chi connectivity index (χ4v) is 2.95. The number of benzene rings is 1. The summed E-state index contributed by atoms with van der Waals surface area (Å²) in [4.78, 5) is 18.2. The summed E-state index contributed by atoms with van der Waals surface area (Å²) in [5, 5.41) is 8.24. The maximum absolute atomic E-state index is 12.3. The van der Waals surface area contributed by atoms with Gasteiger partial charge in [0.05, 0.1) is 11.5 Å². The van der Waals surface area contributed by atoms with Crippen molar-refractivity contribution in [1.82, 2.24) is 20.1 Å². The van der Waals surface area contributed by atoms with Crippen molar-refractivity contribution in [2.24, 2.45) is 0 Å². The lowest BCUT2D eigenvalue weighted by Gasteiger charge is -2.16. The molecule has 1 saturated heterocycles. The third-order valence-electron chi connectivity index (χ3n) is 4.34. The number of likely N-dealkylation sites (tertiary alicyclic amines) is 1. The van der Waals surface area contributed by atoms with Crippen molar-refractivity contribution < 1.29 is 13.9 Å². The smallest absolute Gasteiger partial charge is 0.260 e. The van der Waals surface area contributed by atoms with E-state index in [1.807, 2.05) is 42.5 Å². The van der Waals surface area contributed by atoms with Gasteiger partial charge in [-0.25, -0.2) is 0 Å². The van der Waals surface area contributed by atoms with Crippen molar-refractivity contribution in [3.8, 4) is 17.2 Å². The lowest BCUT2D eigenvalue weighted by atomic mass is 10.1. The minimum absolute atomic E-state index is 0.0293. The van der Waals surface area contributed by atoms with Gasteiger partial charge in [-0.2, -0.15) is 0 Å². The molecule has 0 N–H and O–H groups in total. The van der Waals surface area contributed by atoms with Gasteiger partial charge < -0.3 is 14.1 Å². The van der Waals surface area contributed by atoms with Gasteiger partial charge in [-0.05, 0) is 30.7 Å². The molecule has 7 heteroatoms. The van der Waals surface area contributed by atoms with Gasteiger partial charge >= 0.3 is 0 Å². The van der Waals surface area contributed by atoms with Crippen molar-refractivity contribution in [1.29, 1.82) is 0 Å². The molecule has 0 bridgehead atoms. The number of carbonyl (C=O) groups is 1. The Morgan fingerprint density at radius 2 is 2.08 bits per heavy atom. The predicted molar refractivity (Wildman–Crippen MR) is 93.4 cm³/mol. The summed E-state index contributed by atoms with van der Waals surface area (Å²) in [6, 6.07) is 13.0. The third-order valence-corrected chi connectivity index (χ3v) is 4.34. The highest BCUT2D eigenvalue weighted by molar-refractivity contribution is 5.78. The molecule has 0 radical (unpaired) electrons. The number of rotatable bonds is 5. The lowest BCUT2D eigenvalue weighted by molar-refractivity contribution is -0.132. The fourth-order valence-electron chi connectivity index (χ4n) is 2.95. The maximum atomic E-state index is 12.3. The molecule has 1 unspecified atom stereocenters. The lowest BCUT2D eigenvalue weighted by Crippen LogP contribution is -2.32. The normalized spacial score (nSPS) is 16.6. The van der Waals surface area contributed by atoms with E-state index >= 15 is 0 Å². The minimum Gasteiger partial charge on any atom is -0.484 e. The SMILES string of the molecule is O=C(COc1ccccc1)N1CCC(c2nnc(-c3cccnc3)o2)C1. The number of para-hydroxylation sites is 1. The molecular weight excluding hydrogens is 332 g/mol. The summed E-state index contributed by atoms with van der Waals surface area (Å²) in [5.74, 6) is 1.71. The number of hydrogen-bond acceptors (Lipinski definition) is 6. The minimum atomic E-state index is -0.0386. The molecule has 0 aliphatic carbocycles. The second-order valence-corrected chi connectivity index (χ2v) is 6.11. The summed E-state index contributed by atoms with van der Waals surface area (Å²) in [6.45, 7) is 1.25. The standard InChI is InChI=1S/C19H18N4O3/c24-17(13-25-16-6-2-1-3-7-16)23-10-8-15(12-23)19-22-21-18(26-19)14-5-4-9-20-11-14/h1-7,9,11,15H,8,10,12-13H2. The first-order chi connectivity index (χ1) is 12.8. The van der Waals surface area contributed by atoms with E-state index in [1.54, 1.807) is 17.3 Å². The number of pyridine rings is 1. The Balaban J connectivity index is 1.35. The van der Waals surface area contributed by atoms with Crippen LogP contribution in [0.3, 0.4) is 0 Å². The Morgan fingerprint density at radius 1 is 1.19 bits per heavy atom. The van der Waals surface area contributed by atoms with E-state index in [1.165, 1.54) is 0 Å².